The van der Waals surface area contributed by atoms with E-state index >= 15 is 0 Å². The zero-order chi connectivity index (χ0) is 14.7. The molecule has 1 N–H and O–H groups in total. The van der Waals surface area contributed by atoms with E-state index in [4.69, 9.17) is 4.74 Å². The monoisotopic (exact) mass is 272 g/mol. The van der Waals surface area contributed by atoms with Gasteiger partial charge in [0.1, 0.15) is 12.7 Å². The minimum Gasteiger partial charge on any atom is -0.473 e. The molecule has 0 aliphatic rings. The molecule has 0 fully saturated rings. The summed E-state index contributed by atoms with van der Waals surface area (Å²) in [5, 5.41) is 18.1. The SMILES string of the molecule is Cc1cc(C)cc(C(O)COc2cc(C)c(C)nn2)c1. The predicted octanol–water partition coefficient (Wildman–Crippen LogP) is 2.82. The van der Waals surface area contributed by atoms with E-state index in [0.29, 0.717) is 5.88 Å². The fourth-order valence-electron chi connectivity index (χ4n) is 2.06. The van der Waals surface area contributed by atoms with Crippen molar-refractivity contribution in [1.29, 1.82) is 0 Å². The summed E-state index contributed by atoms with van der Waals surface area (Å²) in [6, 6.07) is 7.84. The van der Waals surface area contributed by atoms with Gasteiger partial charge < -0.3 is 9.84 Å². The molecule has 4 nitrogen and oxygen atoms in total. The molecule has 1 unspecified atom stereocenters. The third kappa shape index (κ3) is 3.54. The largest absolute Gasteiger partial charge is 0.473 e. The lowest BCUT2D eigenvalue weighted by atomic mass is 10.0. The second-order valence-electron chi connectivity index (χ2n) is 5.20. The molecule has 0 saturated carbocycles. The quantitative estimate of drug-likeness (QED) is 0.930. The maximum Gasteiger partial charge on any atom is 0.233 e. The molecule has 0 aliphatic heterocycles. The highest BCUT2D eigenvalue weighted by Gasteiger charge is 2.10. The van der Waals surface area contributed by atoms with E-state index in [1.165, 1.54) is 0 Å². The molecule has 1 aromatic heterocycles. The Morgan fingerprint density at radius 2 is 1.65 bits per heavy atom. The van der Waals surface area contributed by atoms with Crippen molar-refractivity contribution >= 4 is 0 Å². The van der Waals surface area contributed by atoms with E-state index in [1.54, 1.807) is 0 Å². The van der Waals surface area contributed by atoms with Crippen LogP contribution < -0.4 is 4.74 Å². The van der Waals surface area contributed by atoms with Crippen molar-refractivity contribution in [1.82, 2.24) is 10.2 Å². The highest BCUT2D eigenvalue weighted by atomic mass is 16.5. The summed E-state index contributed by atoms with van der Waals surface area (Å²) < 4.78 is 5.51. The van der Waals surface area contributed by atoms with Gasteiger partial charge in [-0.3, -0.25) is 0 Å². The van der Waals surface area contributed by atoms with Crippen LogP contribution in [0.1, 0.15) is 34.1 Å². The lowest BCUT2D eigenvalue weighted by Gasteiger charge is -2.13. The first-order chi connectivity index (χ1) is 9.45. The Labute approximate surface area is 119 Å². The van der Waals surface area contributed by atoms with Gasteiger partial charge in [-0.25, -0.2) is 0 Å². The normalized spacial score (nSPS) is 12.2. The van der Waals surface area contributed by atoms with Gasteiger partial charge in [-0.05, 0) is 38.8 Å². The van der Waals surface area contributed by atoms with Crippen LogP contribution in [0.15, 0.2) is 24.3 Å². The number of hydrogen-bond acceptors (Lipinski definition) is 4. The standard InChI is InChI=1S/C16H20N2O2/c1-10-5-11(2)7-14(6-10)15(19)9-20-16-8-12(3)13(4)17-18-16/h5-8,15,19H,9H2,1-4H3. The number of rotatable bonds is 4. The Kier molecular flexibility index (Phi) is 4.35. The maximum absolute atomic E-state index is 10.2. The van der Waals surface area contributed by atoms with Gasteiger partial charge in [0.05, 0.1) is 5.69 Å². The topological polar surface area (TPSA) is 55.2 Å². The number of nitrogens with zero attached hydrogens (tertiary/aromatic N) is 2. The molecular formula is C16H20N2O2. The Bertz CT molecular complexity index is 591. The fourth-order valence-corrected chi connectivity index (χ4v) is 2.06. The molecule has 106 valence electrons. The molecule has 0 bridgehead atoms. The Morgan fingerprint density at radius 3 is 2.25 bits per heavy atom. The van der Waals surface area contributed by atoms with Crippen molar-refractivity contribution in [2.75, 3.05) is 6.61 Å². The van der Waals surface area contributed by atoms with Crippen molar-refractivity contribution in [2.24, 2.45) is 0 Å². The fraction of sp³-hybridized carbons (Fsp3) is 0.375. The average Bonchev–Trinajstić information content (AvgIpc) is 2.38. The van der Waals surface area contributed by atoms with Crippen LogP contribution in [-0.2, 0) is 0 Å². The van der Waals surface area contributed by atoms with Gasteiger partial charge in [0.15, 0.2) is 0 Å². The van der Waals surface area contributed by atoms with Gasteiger partial charge in [0, 0.05) is 6.07 Å². The molecule has 1 heterocycles. The molecule has 2 rings (SSSR count). The molecule has 0 radical (unpaired) electrons. The number of benzene rings is 1. The summed E-state index contributed by atoms with van der Waals surface area (Å²) >= 11 is 0. The molecule has 0 amide bonds. The second kappa shape index (κ2) is 6.01. The van der Waals surface area contributed by atoms with E-state index in [9.17, 15) is 5.11 Å². The molecule has 1 atom stereocenters. The first kappa shape index (κ1) is 14.5. The zero-order valence-electron chi connectivity index (χ0n) is 12.3. The van der Waals surface area contributed by atoms with E-state index in [0.717, 1.165) is 27.9 Å². The van der Waals surface area contributed by atoms with Crippen molar-refractivity contribution in [3.05, 3.63) is 52.2 Å². The second-order valence-corrected chi connectivity index (χ2v) is 5.20. The third-order valence-electron chi connectivity index (χ3n) is 3.23. The molecule has 20 heavy (non-hydrogen) atoms. The van der Waals surface area contributed by atoms with E-state index < -0.39 is 6.10 Å². The lowest BCUT2D eigenvalue weighted by Crippen LogP contribution is -2.11. The minimum atomic E-state index is -0.669. The van der Waals surface area contributed by atoms with Gasteiger partial charge in [0.25, 0.3) is 0 Å². The van der Waals surface area contributed by atoms with Gasteiger partial charge in [-0.1, -0.05) is 29.3 Å². The first-order valence-electron chi connectivity index (χ1n) is 6.65. The van der Waals surface area contributed by atoms with Gasteiger partial charge in [0.2, 0.25) is 5.88 Å². The summed E-state index contributed by atoms with van der Waals surface area (Å²) in [6.45, 7) is 8.05. The zero-order valence-corrected chi connectivity index (χ0v) is 12.3. The minimum absolute atomic E-state index is 0.167. The van der Waals surface area contributed by atoms with E-state index in [2.05, 4.69) is 16.3 Å². The highest BCUT2D eigenvalue weighted by Crippen LogP contribution is 2.18. The van der Waals surface area contributed by atoms with Crippen LogP contribution in [-0.4, -0.2) is 21.9 Å². The highest BCUT2D eigenvalue weighted by molar-refractivity contribution is 5.30. The average molecular weight is 272 g/mol. The first-order valence-corrected chi connectivity index (χ1v) is 6.65. The molecule has 2 aromatic rings. The van der Waals surface area contributed by atoms with Gasteiger partial charge in [-0.2, -0.15) is 5.10 Å². The summed E-state index contributed by atoms with van der Waals surface area (Å²) in [4.78, 5) is 0. The van der Waals surface area contributed by atoms with E-state index in [1.807, 2.05) is 45.9 Å². The molecule has 1 aromatic carbocycles. The predicted molar refractivity (Wildman–Crippen MR) is 77.9 cm³/mol. The van der Waals surface area contributed by atoms with Crippen LogP contribution >= 0.6 is 0 Å². The van der Waals surface area contributed by atoms with Crippen molar-refractivity contribution in [3.8, 4) is 5.88 Å². The summed E-state index contributed by atoms with van der Waals surface area (Å²) in [6.07, 6.45) is -0.669. The molecule has 4 heteroatoms. The third-order valence-corrected chi connectivity index (χ3v) is 3.23. The summed E-state index contributed by atoms with van der Waals surface area (Å²) in [7, 11) is 0. The summed E-state index contributed by atoms with van der Waals surface area (Å²) in [5.74, 6) is 0.441. The maximum atomic E-state index is 10.2. The number of aliphatic hydroxyl groups is 1. The molecule has 0 saturated heterocycles. The lowest BCUT2D eigenvalue weighted by molar-refractivity contribution is 0.105. The summed E-state index contributed by atoms with van der Waals surface area (Å²) in [5.41, 5.74) is 5.03. The number of aryl methyl sites for hydroxylation is 4. The van der Waals surface area contributed by atoms with Crippen LogP contribution in [0.25, 0.3) is 0 Å². The van der Waals surface area contributed by atoms with Crippen LogP contribution in [0, 0.1) is 27.7 Å². The Morgan fingerprint density at radius 1 is 1.00 bits per heavy atom. The Hall–Kier alpha value is -1.94. The van der Waals surface area contributed by atoms with Crippen LogP contribution in [0.3, 0.4) is 0 Å². The number of aliphatic hydroxyl groups excluding tert-OH is 1. The van der Waals surface area contributed by atoms with Crippen molar-refractivity contribution in [2.45, 2.75) is 33.8 Å². The van der Waals surface area contributed by atoms with Gasteiger partial charge in [-0.15, -0.1) is 5.10 Å². The van der Waals surface area contributed by atoms with Crippen LogP contribution in [0.2, 0.25) is 0 Å². The number of ether oxygens (including phenoxy) is 1. The van der Waals surface area contributed by atoms with Crippen molar-refractivity contribution in [3.63, 3.8) is 0 Å². The molecular weight excluding hydrogens is 252 g/mol. The van der Waals surface area contributed by atoms with Crippen molar-refractivity contribution < 1.29 is 9.84 Å². The number of aromatic nitrogens is 2. The molecule has 0 aliphatic carbocycles. The number of hydrogen-bond donors (Lipinski definition) is 1. The smallest absolute Gasteiger partial charge is 0.233 e. The van der Waals surface area contributed by atoms with E-state index in [-0.39, 0.29) is 6.61 Å². The molecule has 0 spiro atoms. The van der Waals surface area contributed by atoms with Crippen LogP contribution in [0.5, 0.6) is 5.88 Å². The van der Waals surface area contributed by atoms with Crippen LogP contribution in [0.4, 0.5) is 0 Å². The van der Waals surface area contributed by atoms with Gasteiger partial charge >= 0.3 is 0 Å². The Balaban J connectivity index is 2.04.